The molecule has 2 unspecified atom stereocenters. The molecule has 2 aliphatic rings. The highest BCUT2D eigenvalue weighted by molar-refractivity contribution is 5.92. The van der Waals surface area contributed by atoms with Gasteiger partial charge in [-0.1, -0.05) is 6.42 Å². The van der Waals surface area contributed by atoms with E-state index in [1.54, 1.807) is 0 Å². The number of hydrogen-bond donors (Lipinski definition) is 1. The number of fused-ring (bicyclic) bond motifs is 1. The van der Waals surface area contributed by atoms with Gasteiger partial charge in [-0.3, -0.25) is 9.69 Å². The van der Waals surface area contributed by atoms with Crippen LogP contribution in [-0.2, 0) is 17.1 Å². The molecule has 28 heavy (non-hydrogen) atoms. The van der Waals surface area contributed by atoms with Crippen LogP contribution < -0.4 is 5.32 Å². The highest BCUT2D eigenvalue weighted by atomic mass is 19.4. The summed E-state index contributed by atoms with van der Waals surface area (Å²) in [5, 5.41) is 2.83. The second-order valence-electron chi connectivity index (χ2n) is 7.18. The fourth-order valence-electron chi connectivity index (χ4n) is 3.89. The fraction of sp³-hybridized carbons (Fsp3) is 0.526. The molecule has 3 rings (SSSR count). The molecule has 0 aliphatic carbocycles. The van der Waals surface area contributed by atoms with E-state index in [1.165, 1.54) is 0 Å². The van der Waals surface area contributed by atoms with E-state index in [-0.39, 0.29) is 23.7 Å². The smallest absolute Gasteiger partial charge is 0.348 e. The number of carbonyl (C=O) groups excluding carboxylic acids is 1. The van der Waals surface area contributed by atoms with Gasteiger partial charge in [-0.15, -0.1) is 0 Å². The summed E-state index contributed by atoms with van der Waals surface area (Å²) in [6.45, 7) is 1.86. The van der Waals surface area contributed by atoms with Gasteiger partial charge in [0.2, 0.25) is 5.91 Å². The van der Waals surface area contributed by atoms with Crippen LogP contribution in [0.3, 0.4) is 0 Å². The molecule has 2 heterocycles. The van der Waals surface area contributed by atoms with Crippen LogP contribution in [-0.4, -0.2) is 36.0 Å². The third-order valence-corrected chi connectivity index (χ3v) is 5.22. The van der Waals surface area contributed by atoms with Gasteiger partial charge in [-0.05, 0) is 55.6 Å². The van der Waals surface area contributed by atoms with Crippen molar-refractivity contribution in [3.05, 3.63) is 41.0 Å². The number of hydrogen-bond acceptors (Lipinski definition) is 2. The Morgan fingerprint density at radius 2 is 1.61 bits per heavy atom. The minimum atomic E-state index is -4.92. The van der Waals surface area contributed by atoms with Gasteiger partial charge in [-0.2, -0.15) is 26.3 Å². The molecule has 2 saturated heterocycles. The van der Waals surface area contributed by atoms with Crippen LogP contribution in [0.4, 0.5) is 26.3 Å². The van der Waals surface area contributed by atoms with Crippen LogP contribution in [0.5, 0.6) is 0 Å². The highest BCUT2D eigenvalue weighted by Crippen LogP contribution is 2.36. The molecule has 2 aliphatic heterocycles. The Labute approximate surface area is 158 Å². The van der Waals surface area contributed by atoms with Crippen LogP contribution in [0.25, 0.3) is 6.08 Å². The van der Waals surface area contributed by atoms with Gasteiger partial charge in [-0.25, -0.2) is 0 Å². The lowest BCUT2D eigenvalue weighted by atomic mass is 9.99. The van der Waals surface area contributed by atoms with Crippen molar-refractivity contribution in [2.75, 3.05) is 13.1 Å². The Bertz CT molecular complexity index is 724. The molecule has 154 valence electrons. The molecule has 2 atom stereocenters. The zero-order valence-corrected chi connectivity index (χ0v) is 14.9. The van der Waals surface area contributed by atoms with Crippen LogP contribution >= 0.6 is 0 Å². The minimum Gasteiger partial charge on any atom is -0.348 e. The summed E-state index contributed by atoms with van der Waals surface area (Å²) in [7, 11) is 0. The zero-order valence-electron chi connectivity index (χ0n) is 14.9. The number of nitrogens with zero attached hydrogens (tertiary/aromatic N) is 1. The van der Waals surface area contributed by atoms with Gasteiger partial charge >= 0.3 is 12.4 Å². The summed E-state index contributed by atoms with van der Waals surface area (Å²) in [4.78, 5) is 14.5. The maximum Gasteiger partial charge on any atom is 0.416 e. The summed E-state index contributed by atoms with van der Waals surface area (Å²) < 4.78 is 77.3. The quantitative estimate of drug-likeness (QED) is 0.593. The number of rotatable bonds is 3. The number of carbonyl (C=O) groups is 1. The van der Waals surface area contributed by atoms with Gasteiger partial charge in [0.1, 0.15) is 0 Å². The topological polar surface area (TPSA) is 32.3 Å². The molecule has 0 aromatic heterocycles. The van der Waals surface area contributed by atoms with Gasteiger partial charge in [0.05, 0.1) is 11.1 Å². The number of alkyl halides is 6. The van der Waals surface area contributed by atoms with Crippen LogP contribution in [0.1, 0.15) is 42.4 Å². The van der Waals surface area contributed by atoms with E-state index >= 15 is 0 Å². The van der Waals surface area contributed by atoms with Crippen molar-refractivity contribution in [1.82, 2.24) is 10.2 Å². The highest BCUT2D eigenvalue weighted by Gasteiger charge is 2.37. The Balaban J connectivity index is 1.73. The van der Waals surface area contributed by atoms with Gasteiger partial charge < -0.3 is 5.32 Å². The van der Waals surface area contributed by atoms with E-state index in [4.69, 9.17) is 0 Å². The average Bonchev–Trinajstić information content (AvgIpc) is 3.01. The zero-order chi connectivity index (χ0) is 20.5. The molecule has 1 aromatic rings. The maximum absolute atomic E-state index is 12.9. The molecule has 3 nitrogen and oxygen atoms in total. The third-order valence-electron chi connectivity index (χ3n) is 5.22. The lowest BCUT2D eigenvalue weighted by molar-refractivity contribution is -0.143. The standard InChI is InChI=1S/C19H20F6N2O/c20-18(21,22)13-9-12(10-14(11-13)19(23,24)25)4-5-17(28)26-15-6-8-27-7-2-1-3-16(15)27/h4-5,9-11,15-16H,1-3,6-8H2,(H,26,28)/b5-4+. The minimum absolute atomic E-state index is 0.0512. The van der Waals surface area contributed by atoms with Crippen LogP contribution in [0.15, 0.2) is 24.3 Å². The molecular weight excluding hydrogens is 386 g/mol. The van der Waals surface area contributed by atoms with Crippen LogP contribution in [0.2, 0.25) is 0 Å². The Morgan fingerprint density at radius 1 is 0.964 bits per heavy atom. The van der Waals surface area contributed by atoms with Crippen molar-refractivity contribution >= 4 is 12.0 Å². The maximum atomic E-state index is 12.9. The number of amides is 1. The summed E-state index contributed by atoms with van der Waals surface area (Å²) >= 11 is 0. The average molecular weight is 406 g/mol. The van der Waals surface area contributed by atoms with Crippen molar-refractivity contribution in [2.45, 2.75) is 50.1 Å². The Hall–Kier alpha value is -2.03. The Morgan fingerprint density at radius 3 is 2.21 bits per heavy atom. The molecular formula is C19H20F6N2O. The lowest BCUT2D eigenvalue weighted by Gasteiger charge is -2.32. The molecule has 1 amide bonds. The first-order valence-corrected chi connectivity index (χ1v) is 9.06. The molecule has 1 aromatic carbocycles. The van der Waals surface area contributed by atoms with E-state index < -0.39 is 29.4 Å². The SMILES string of the molecule is O=C(/C=C/c1cc(C(F)(F)F)cc(C(F)(F)F)c1)NC1CCN2CCCCC12. The van der Waals surface area contributed by atoms with Gasteiger partial charge in [0, 0.05) is 24.7 Å². The van der Waals surface area contributed by atoms with E-state index in [0.717, 1.165) is 50.9 Å². The van der Waals surface area contributed by atoms with Gasteiger partial charge in [0.25, 0.3) is 0 Å². The molecule has 0 bridgehead atoms. The second kappa shape index (κ2) is 7.77. The van der Waals surface area contributed by atoms with Crippen molar-refractivity contribution in [2.24, 2.45) is 0 Å². The summed E-state index contributed by atoms with van der Waals surface area (Å²) in [5.74, 6) is -0.525. The summed E-state index contributed by atoms with van der Waals surface area (Å²) in [6.07, 6.45) is -3.92. The van der Waals surface area contributed by atoms with Crippen molar-refractivity contribution in [1.29, 1.82) is 0 Å². The van der Waals surface area contributed by atoms with Crippen molar-refractivity contribution in [3.8, 4) is 0 Å². The third kappa shape index (κ3) is 4.87. The molecule has 1 N–H and O–H groups in total. The summed E-state index contributed by atoms with van der Waals surface area (Å²) in [6, 6.07) is 1.45. The monoisotopic (exact) mass is 406 g/mol. The molecule has 0 saturated carbocycles. The van der Waals surface area contributed by atoms with Gasteiger partial charge in [0.15, 0.2) is 0 Å². The van der Waals surface area contributed by atoms with E-state index in [2.05, 4.69) is 10.2 Å². The molecule has 0 radical (unpaired) electrons. The van der Waals surface area contributed by atoms with Crippen molar-refractivity contribution < 1.29 is 31.1 Å². The first-order chi connectivity index (χ1) is 13.0. The molecule has 0 spiro atoms. The van der Waals surface area contributed by atoms with E-state index in [1.807, 2.05) is 0 Å². The lowest BCUT2D eigenvalue weighted by Crippen LogP contribution is -2.46. The summed E-state index contributed by atoms with van der Waals surface area (Å²) in [5.41, 5.74) is -3.14. The predicted molar refractivity (Wildman–Crippen MR) is 91.2 cm³/mol. The number of benzene rings is 1. The molecule has 2 fully saturated rings. The van der Waals surface area contributed by atoms with Crippen LogP contribution in [0, 0.1) is 0 Å². The first kappa shape index (κ1) is 20.7. The first-order valence-electron chi connectivity index (χ1n) is 9.06. The number of halogens is 6. The largest absolute Gasteiger partial charge is 0.416 e. The second-order valence-corrected chi connectivity index (χ2v) is 7.18. The normalized spacial score (nSPS) is 23.8. The van der Waals surface area contributed by atoms with E-state index in [9.17, 15) is 31.1 Å². The Kier molecular flexibility index (Phi) is 5.74. The fourth-order valence-corrected chi connectivity index (χ4v) is 3.89. The predicted octanol–water partition coefficient (Wildman–Crippen LogP) is 4.48. The number of nitrogens with one attached hydrogen (secondary N) is 1. The van der Waals surface area contributed by atoms with E-state index in [0.29, 0.717) is 12.1 Å². The number of piperidine rings is 1. The van der Waals surface area contributed by atoms with Crippen molar-refractivity contribution in [3.63, 3.8) is 0 Å². The molecule has 9 heteroatoms.